The number of hydrogen-bond donors (Lipinski definition) is 2. The maximum atomic E-state index is 6.12. The van der Waals surface area contributed by atoms with Crippen molar-refractivity contribution in [2.75, 3.05) is 11.5 Å². The molecule has 24 heavy (non-hydrogen) atoms. The highest BCUT2D eigenvalue weighted by atomic mass is 15.0. The zero-order valence-corrected chi connectivity index (χ0v) is 13.7. The van der Waals surface area contributed by atoms with Crippen molar-refractivity contribution in [3.05, 3.63) is 48.2 Å². The number of benzene rings is 2. The quantitative estimate of drug-likeness (QED) is 0.592. The Balaban J connectivity index is 2.11. The van der Waals surface area contributed by atoms with Crippen LogP contribution >= 0.6 is 0 Å². The molecule has 4 rings (SSSR count). The van der Waals surface area contributed by atoms with E-state index in [0.29, 0.717) is 5.82 Å². The molecule has 0 fully saturated rings. The third kappa shape index (κ3) is 2.09. The van der Waals surface area contributed by atoms with Crippen molar-refractivity contribution < 1.29 is 0 Å². The molecule has 0 saturated carbocycles. The molecule has 5 nitrogen and oxygen atoms in total. The molecule has 0 aliphatic carbocycles. The minimum atomic E-state index is 0.197. The fraction of sp³-hybridized carbons (Fsp3) is 0.158. The maximum absolute atomic E-state index is 6.12. The van der Waals surface area contributed by atoms with Crippen LogP contribution in [0, 0.1) is 0 Å². The fourth-order valence-corrected chi connectivity index (χ4v) is 3.31. The summed E-state index contributed by atoms with van der Waals surface area (Å²) in [6.45, 7) is 2.16. The first-order valence-corrected chi connectivity index (χ1v) is 7.98. The van der Waals surface area contributed by atoms with E-state index in [0.717, 1.165) is 39.4 Å². The van der Waals surface area contributed by atoms with E-state index in [1.54, 1.807) is 0 Å². The number of anilines is 2. The lowest BCUT2D eigenvalue weighted by atomic mass is 9.98. The van der Waals surface area contributed by atoms with E-state index in [1.165, 1.54) is 5.56 Å². The molecule has 2 aromatic carbocycles. The van der Waals surface area contributed by atoms with Gasteiger partial charge in [-0.2, -0.15) is 4.98 Å². The van der Waals surface area contributed by atoms with Crippen LogP contribution in [0.2, 0.25) is 0 Å². The number of hydrogen-bond acceptors (Lipinski definition) is 4. The van der Waals surface area contributed by atoms with Crippen LogP contribution in [0.3, 0.4) is 0 Å². The molecule has 0 atom stereocenters. The number of nitrogen functional groups attached to an aromatic ring is 2. The van der Waals surface area contributed by atoms with Gasteiger partial charge in [0, 0.05) is 24.2 Å². The molecular formula is C19H19N5. The Morgan fingerprint density at radius 2 is 1.79 bits per heavy atom. The third-order valence-corrected chi connectivity index (χ3v) is 4.53. The molecule has 120 valence electrons. The molecule has 0 aliphatic rings. The standard InChI is InChI=1S/C19H19N5/c1-3-11-4-6-12(7-5-11)14-10-15-16(18(20)23-19(21)22-15)13-8-9-24(2)17(13)14/h4-10H,3H2,1-2H3,(H4,20,21,22,23). The van der Waals surface area contributed by atoms with Gasteiger partial charge in [-0.15, -0.1) is 0 Å². The Morgan fingerprint density at radius 3 is 2.50 bits per heavy atom. The van der Waals surface area contributed by atoms with Crippen LogP contribution in [0.15, 0.2) is 42.6 Å². The molecule has 0 aliphatic heterocycles. The van der Waals surface area contributed by atoms with Crippen LogP contribution < -0.4 is 11.5 Å². The van der Waals surface area contributed by atoms with Crippen LogP contribution in [0.5, 0.6) is 0 Å². The van der Waals surface area contributed by atoms with Gasteiger partial charge >= 0.3 is 0 Å². The Bertz CT molecular complexity index is 1060. The monoisotopic (exact) mass is 317 g/mol. The second-order valence-electron chi connectivity index (χ2n) is 6.02. The zero-order chi connectivity index (χ0) is 16.8. The average Bonchev–Trinajstić information content (AvgIpc) is 2.95. The van der Waals surface area contributed by atoms with Gasteiger partial charge in [-0.05, 0) is 29.7 Å². The first-order chi connectivity index (χ1) is 11.6. The summed E-state index contributed by atoms with van der Waals surface area (Å²) in [6, 6.07) is 12.7. The molecule has 0 saturated heterocycles. The number of nitrogens with two attached hydrogens (primary N) is 2. The summed E-state index contributed by atoms with van der Waals surface area (Å²) in [5.41, 5.74) is 17.4. The number of fused-ring (bicyclic) bond motifs is 3. The predicted octanol–water partition coefficient (Wildman–Crippen LogP) is 3.52. The lowest BCUT2D eigenvalue weighted by molar-refractivity contribution is 0.970. The van der Waals surface area contributed by atoms with Crippen LogP contribution in [0.4, 0.5) is 11.8 Å². The molecule has 2 heterocycles. The van der Waals surface area contributed by atoms with Crippen molar-refractivity contribution in [2.45, 2.75) is 13.3 Å². The van der Waals surface area contributed by atoms with Gasteiger partial charge in [-0.1, -0.05) is 31.2 Å². The van der Waals surface area contributed by atoms with Crippen LogP contribution in [0.25, 0.3) is 32.9 Å². The van der Waals surface area contributed by atoms with Crippen LogP contribution in [0.1, 0.15) is 12.5 Å². The summed E-state index contributed by atoms with van der Waals surface area (Å²) in [4.78, 5) is 8.51. The van der Waals surface area contributed by atoms with Crippen molar-refractivity contribution in [3.63, 3.8) is 0 Å². The van der Waals surface area contributed by atoms with E-state index >= 15 is 0 Å². The van der Waals surface area contributed by atoms with Crippen molar-refractivity contribution in [2.24, 2.45) is 7.05 Å². The topological polar surface area (TPSA) is 82.8 Å². The molecule has 4 aromatic rings. The molecule has 0 spiro atoms. The lowest BCUT2D eigenvalue weighted by Gasteiger charge is -2.11. The van der Waals surface area contributed by atoms with Crippen molar-refractivity contribution in [1.82, 2.24) is 14.5 Å². The molecule has 0 amide bonds. The van der Waals surface area contributed by atoms with Crippen molar-refractivity contribution >= 4 is 33.6 Å². The van der Waals surface area contributed by atoms with E-state index in [2.05, 4.69) is 51.8 Å². The highest BCUT2D eigenvalue weighted by Gasteiger charge is 2.15. The minimum absolute atomic E-state index is 0.197. The number of aryl methyl sites for hydroxylation is 2. The SMILES string of the molecule is CCc1ccc(-c2cc3nc(N)nc(N)c3c3ccn(C)c23)cc1. The molecule has 4 N–H and O–H groups in total. The zero-order valence-electron chi connectivity index (χ0n) is 13.7. The van der Waals surface area contributed by atoms with Gasteiger partial charge in [0.05, 0.1) is 16.4 Å². The Kier molecular flexibility index (Phi) is 3.16. The van der Waals surface area contributed by atoms with Gasteiger partial charge in [0.25, 0.3) is 0 Å². The third-order valence-electron chi connectivity index (χ3n) is 4.53. The lowest BCUT2D eigenvalue weighted by Crippen LogP contribution is -2.01. The van der Waals surface area contributed by atoms with Crippen LogP contribution in [-0.4, -0.2) is 14.5 Å². The predicted molar refractivity (Wildman–Crippen MR) is 99.7 cm³/mol. The van der Waals surface area contributed by atoms with Crippen LogP contribution in [-0.2, 0) is 13.5 Å². The van der Waals surface area contributed by atoms with Gasteiger partial charge in [0.2, 0.25) is 5.95 Å². The maximum Gasteiger partial charge on any atom is 0.222 e. The smallest absolute Gasteiger partial charge is 0.222 e. The first-order valence-electron chi connectivity index (χ1n) is 7.98. The molecule has 5 heteroatoms. The molecule has 2 aromatic heterocycles. The fourth-order valence-electron chi connectivity index (χ4n) is 3.31. The highest BCUT2D eigenvalue weighted by molar-refractivity contribution is 6.15. The first kappa shape index (κ1) is 14.5. The van der Waals surface area contributed by atoms with Gasteiger partial charge in [0.1, 0.15) is 5.82 Å². The highest BCUT2D eigenvalue weighted by Crippen LogP contribution is 2.36. The van der Waals surface area contributed by atoms with E-state index in [4.69, 9.17) is 11.5 Å². The van der Waals surface area contributed by atoms with Gasteiger partial charge in [0.15, 0.2) is 0 Å². The van der Waals surface area contributed by atoms with E-state index in [9.17, 15) is 0 Å². The molecule has 0 radical (unpaired) electrons. The van der Waals surface area contributed by atoms with Crippen molar-refractivity contribution in [3.8, 4) is 11.1 Å². The molecular weight excluding hydrogens is 298 g/mol. The summed E-state index contributed by atoms with van der Waals surface area (Å²) in [6.07, 6.45) is 3.06. The number of rotatable bonds is 2. The largest absolute Gasteiger partial charge is 0.383 e. The Morgan fingerprint density at radius 1 is 1.04 bits per heavy atom. The van der Waals surface area contributed by atoms with Crippen molar-refractivity contribution in [1.29, 1.82) is 0 Å². The second kappa shape index (κ2) is 5.23. The Hall–Kier alpha value is -3.08. The minimum Gasteiger partial charge on any atom is -0.383 e. The summed E-state index contributed by atoms with van der Waals surface area (Å²) < 4.78 is 2.10. The molecule has 0 bridgehead atoms. The Labute approximate surface area is 139 Å². The normalized spacial score (nSPS) is 11.4. The second-order valence-corrected chi connectivity index (χ2v) is 6.02. The number of aromatic nitrogens is 3. The summed E-state index contributed by atoms with van der Waals surface area (Å²) in [5, 5.41) is 1.90. The summed E-state index contributed by atoms with van der Waals surface area (Å²) in [7, 11) is 2.03. The summed E-state index contributed by atoms with van der Waals surface area (Å²) in [5.74, 6) is 0.615. The number of nitrogens with zero attached hydrogens (tertiary/aromatic N) is 3. The van der Waals surface area contributed by atoms with E-state index in [-0.39, 0.29) is 5.95 Å². The van der Waals surface area contributed by atoms with E-state index in [1.807, 2.05) is 19.3 Å². The van der Waals surface area contributed by atoms with E-state index < -0.39 is 0 Å². The summed E-state index contributed by atoms with van der Waals surface area (Å²) >= 11 is 0. The van der Waals surface area contributed by atoms with Gasteiger partial charge < -0.3 is 16.0 Å². The average molecular weight is 317 g/mol. The van der Waals surface area contributed by atoms with Gasteiger partial charge in [-0.3, -0.25) is 0 Å². The van der Waals surface area contributed by atoms with Gasteiger partial charge in [-0.25, -0.2) is 4.98 Å². The molecule has 0 unspecified atom stereocenters.